The summed E-state index contributed by atoms with van der Waals surface area (Å²) >= 11 is 0. The van der Waals surface area contributed by atoms with Crippen molar-refractivity contribution >= 4 is 5.91 Å². The normalized spacial score (nSPS) is 29.3. The summed E-state index contributed by atoms with van der Waals surface area (Å²) in [6.45, 7) is 2.99. The summed E-state index contributed by atoms with van der Waals surface area (Å²) in [5.74, 6) is 0.0170. The highest BCUT2D eigenvalue weighted by molar-refractivity contribution is 5.81. The molecule has 1 aromatic carbocycles. The molecule has 2 bridgehead atoms. The van der Waals surface area contributed by atoms with Crippen LogP contribution in [0, 0.1) is 0 Å². The van der Waals surface area contributed by atoms with Gasteiger partial charge >= 0.3 is 0 Å². The number of carbonyl (C=O) groups is 1. The van der Waals surface area contributed by atoms with Crippen LogP contribution in [0.4, 0.5) is 0 Å². The van der Waals surface area contributed by atoms with Crippen molar-refractivity contribution in [3.05, 3.63) is 35.9 Å². The maximum atomic E-state index is 12.0. The van der Waals surface area contributed by atoms with Crippen molar-refractivity contribution in [2.45, 2.75) is 69.7 Å². The number of rotatable bonds is 5. The van der Waals surface area contributed by atoms with E-state index in [0.29, 0.717) is 24.5 Å². The Morgan fingerprint density at radius 3 is 2.50 bits per heavy atom. The molecule has 2 heterocycles. The third-order valence-electron chi connectivity index (χ3n) is 5.22. The van der Waals surface area contributed by atoms with E-state index in [0.717, 1.165) is 19.4 Å². The first-order valence-electron chi connectivity index (χ1n) is 8.53. The van der Waals surface area contributed by atoms with Gasteiger partial charge in [-0.2, -0.15) is 0 Å². The number of hydrogen-bond donors (Lipinski definition) is 2. The molecular formula is C18H27N3O. The molecule has 22 heavy (non-hydrogen) atoms. The van der Waals surface area contributed by atoms with Crippen LogP contribution in [0.3, 0.4) is 0 Å². The molecule has 1 aromatic rings. The van der Waals surface area contributed by atoms with Gasteiger partial charge in [0.15, 0.2) is 0 Å². The Kier molecular flexibility index (Phi) is 4.79. The number of carbonyl (C=O) groups excluding carboxylic acids is 1. The molecular weight excluding hydrogens is 274 g/mol. The fraction of sp³-hybridized carbons (Fsp3) is 0.611. The molecule has 3 atom stereocenters. The number of nitrogens with zero attached hydrogens (tertiary/aromatic N) is 1. The molecule has 2 unspecified atom stereocenters. The molecule has 4 nitrogen and oxygen atoms in total. The van der Waals surface area contributed by atoms with Crippen molar-refractivity contribution in [3.63, 3.8) is 0 Å². The van der Waals surface area contributed by atoms with Crippen molar-refractivity contribution in [2.75, 3.05) is 0 Å². The number of hydrogen-bond acceptors (Lipinski definition) is 3. The molecule has 2 aliphatic rings. The summed E-state index contributed by atoms with van der Waals surface area (Å²) in [6, 6.07) is 11.8. The molecule has 0 aliphatic carbocycles. The number of fused-ring (bicyclic) bond motifs is 2. The fourth-order valence-electron chi connectivity index (χ4n) is 3.94. The maximum Gasteiger partial charge on any atom is 0.237 e. The lowest BCUT2D eigenvalue weighted by Crippen LogP contribution is -2.52. The predicted molar refractivity (Wildman–Crippen MR) is 88.2 cm³/mol. The van der Waals surface area contributed by atoms with Crippen LogP contribution in [0.5, 0.6) is 0 Å². The Hall–Kier alpha value is -1.39. The van der Waals surface area contributed by atoms with E-state index in [1.54, 1.807) is 0 Å². The fourth-order valence-corrected chi connectivity index (χ4v) is 3.94. The van der Waals surface area contributed by atoms with Crippen LogP contribution in [-0.2, 0) is 11.3 Å². The number of amides is 1. The summed E-state index contributed by atoms with van der Waals surface area (Å²) in [7, 11) is 0. The summed E-state index contributed by atoms with van der Waals surface area (Å²) < 4.78 is 0. The molecule has 2 aliphatic heterocycles. The van der Waals surface area contributed by atoms with Crippen molar-refractivity contribution in [2.24, 2.45) is 5.73 Å². The van der Waals surface area contributed by atoms with Gasteiger partial charge < -0.3 is 11.1 Å². The average Bonchev–Trinajstić information content (AvgIpc) is 2.77. The van der Waals surface area contributed by atoms with Gasteiger partial charge in [-0.25, -0.2) is 0 Å². The lowest BCUT2D eigenvalue weighted by molar-refractivity contribution is -0.123. The molecule has 4 heteroatoms. The van der Waals surface area contributed by atoms with E-state index in [1.807, 2.05) is 6.92 Å². The first kappa shape index (κ1) is 15.5. The third kappa shape index (κ3) is 3.33. The number of piperidine rings is 1. The van der Waals surface area contributed by atoms with Crippen LogP contribution < -0.4 is 11.1 Å². The van der Waals surface area contributed by atoms with Crippen LogP contribution in [-0.4, -0.2) is 35.0 Å². The monoisotopic (exact) mass is 301 g/mol. The number of nitrogens with two attached hydrogens (primary N) is 1. The second kappa shape index (κ2) is 6.80. The molecule has 0 aromatic heterocycles. The Morgan fingerprint density at radius 2 is 1.91 bits per heavy atom. The Bertz CT molecular complexity index is 490. The predicted octanol–water partition coefficient (Wildman–Crippen LogP) is 2.04. The lowest BCUT2D eigenvalue weighted by Gasteiger charge is -2.39. The first-order valence-corrected chi connectivity index (χ1v) is 8.53. The Labute approximate surface area is 133 Å². The molecule has 0 saturated carbocycles. The first-order chi connectivity index (χ1) is 10.7. The van der Waals surface area contributed by atoms with Gasteiger partial charge in [0.2, 0.25) is 5.91 Å². The summed E-state index contributed by atoms with van der Waals surface area (Å²) in [5, 5.41) is 3.16. The van der Waals surface area contributed by atoms with Crippen molar-refractivity contribution in [1.82, 2.24) is 10.2 Å². The average molecular weight is 301 g/mol. The highest BCUT2D eigenvalue weighted by Crippen LogP contribution is 2.36. The summed E-state index contributed by atoms with van der Waals surface area (Å²) in [6.07, 6.45) is 5.33. The molecule has 2 fully saturated rings. The molecule has 3 rings (SSSR count). The molecule has 3 N–H and O–H groups in total. The number of benzene rings is 1. The molecule has 120 valence electrons. The van der Waals surface area contributed by atoms with Gasteiger partial charge in [0.25, 0.3) is 0 Å². The minimum absolute atomic E-state index is 0.0170. The molecule has 0 spiro atoms. The zero-order valence-electron chi connectivity index (χ0n) is 13.4. The molecule has 2 saturated heterocycles. The maximum absolute atomic E-state index is 12.0. The SMILES string of the molecule is CC[C@H](N)C(=O)NC1CC2CCC(C1)N2Cc1ccccc1. The van der Waals surface area contributed by atoms with Crippen LogP contribution >= 0.6 is 0 Å². The number of nitrogens with one attached hydrogen (secondary N) is 1. The summed E-state index contributed by atoms with van der Waals surface area (Å²) in [4.78, 5) is 14.6. The highest BCUT2D eigenvalue weighted by atomic mass is 16.2. The van der Waals surface area contributed by atoms with E-state index >= 15 is 0 Å². The van der Waals surface area contributed by atoms with E-state index in [-0.39, 0.29) is 11.9 Å². The zero-order chi connectivity index (χ0) is 15.5. The van der Waals surface area contributed by atoms with Crippen LogP contribution in [0.1, 0.15) is 44.6 Å². The molecule has 1 amide bonds. The minimum atomic E-state index is -0.361. The standard InChI is InChI=1S/C18H27N3O/c1-2-17(19)18(22)20-14-10-15-8-9-16(11-14)21(15)12-13-6-4-3-5-7-13/h3-7,14-17H,2,8-12,19H2,1H3,(H,20,22)/t14?,15?,16?,17-/m0/s1. The van der Waals surface area contributed by atoms with E-state index in [4.69, 9.17) is 5.73 Å². The smallest absolute Gasteiger partial charge is 0.237 e. The van der Waals surface area contributed by atoms with Crippen molar-refractivity contribution in [1.29, 1.82) is 0 Å². The van der Waals surface area contributed by atoms with E-state index in [1.165, 1.54) is 18.4 Å². The second-order valence-corrected chi connectivity index (χ2v) is 6.73. The van der Waals surface area contributed by atoms with Crippen LogP contribution in [0.25, 0.3) is 0 Å². The van der Waals surface area contributed by atoms with Gasteiger partial charge in [-0.05, 0) is 37.7 Å². The molecule has 0 radical (unpaired) electrons. The van der Waals surface area contributed by atoms with Gasteiger partial charge in [-0.3, -0.25) is 9.69 Å². The van der Waals surface area contributed by atoms with Crippen molar-refractivity contribution < 1.29 is 4.79 Å². The van der Waals surface area contributed by atoms with Gasteiger partial charge in [0.1, 0.15) is 0 Å². The Morgan fingerprint density at radius 1 is 1.27 bits per heavy atom. The quantitative estimate of drug-likeness (QED) is 0.875. The highest BCUT2D eigenvalue weighted by Gasteiger charge is 2.41. The van der Waals surface area contributed by atoms with Gasteiger partial charge in [-0.15, -0.1) is 0 Å². The van der Waals surface area contributed by atoms with E-state index in [2.05, 4.69) is 40.5 Å². The minimum Gasteiger partial charge on any atom is -0.352 e. The topological polar surface area (TPSA) is 58.4 Å². The van der Waals surface area contributed by atoms with Crippen LogP contribution in [0.2, 0.25) is 0 Å². The van der Waals surface area contributed by atoms with Gasteiger partial charge in [-0.1, -0.05) is 37.3 Å². The van der Waals surface area contributed by atoms with Gasteiger partial charge in [0.05, 0.1) is 6.04 Å². The summed E-state index contributed by atoms with van der Waals surface area (Å²) in [5.41, 5.74) is 7.21. The Balaban J connectivity index is 1.58. The van der Waals surface area contributed by atoms with E-state index in [9.17, 15) is 4.79 Å². The van der Waals surface area contributed by atoms with E-state index < -0.39 is 0 Å². The van der Waals surface area contributed by atoms with Crippen molar-refractivity contribution in [3.8, 4) is 0 Å². The lowest BCUT2D eigenvalue weighted by atomic mass is 9.96. The van der Waals surface area contributed by atoms with Crippen LogP contribution in [0.15, 0.2) is 30.3 Å². The second-order valence-electron chi connectivity index (χ2n) is 6.73. The zero-order valence-corrected chi connectivity index (χ0v) is 13.4. The third-order valence-corrected chi connectivity index (χ3v) is 5.22. The largest absolute Gasteiger partial charge is 0.352 e. The van der Waals surface area contributed by atoms with Gasteiger partial charge in [0, 0.05) is 24.7 Å².